The number of hydrogen-bond acceptors (Lipinski definition) is 2. The van der Waals surface area contributed by atoms with Crippen molar-refractivity contribution >= 4 is 22.5 Å². The van der Waals surface area contributed by atoms with E-state index < -0.39 is 11.5 Å². The topological polar surface area (TPSA) is 44.0 Å². The van der Waals surface area contributed by atoms with E-state index in [1.165, 1.54) is 21.3 Å². The highest BCUT2D eigenvalue weighted by Gasteiger charge is 2.15. The predicted molar refractivity (Wildman–Crippen MR) is 114 cm³/mol. The number of hydrogen-bond donors (Lipinski definition) is 0. The number of aryl methyl sites for hydroxylation is 1. The first-order chi connectivity index (χ1) is 14.0. The van der Waals surface area contributed by atoms with E-state index in [4.69, 9.17) is 11.6 Å². The Morgan fingerprint density at radius 1 is 0.966 bits per heavy atom. The molecule has 0 aliphatic rings. The summed E-state index contributed by atoms with van der Waals surface area (Å²) >= 11 is 6.18. The van der Waals surface area contributed by atoms with Crippen LogP contribution in [0, 0.1) is 5.82 Å². The Kier molecular flexibility index (Phi) is 5.07. The molecule has 29 heavy (non-hydrogen) atoms. The Morgan fingerprint density at radius 3 is 2.38 bits per heavy atom. The Hall–Kier alpha value is -3.18. The van der Waals surface area contributed by atoms with Crippen LogP contribution in [0.3, 0.4) is 0 Å². The average molecular weight is 409 g/mol. The van der Waals surface area contributed by atoms with Crippen LogP contribution in [0.1, 0.15) is 18.1 Å². The fraction of sp³-hybridized carbons (Fsp3) is 0.130. The second kappa shape index (κ2) is 7.68. The van der Waals surface area contributed by atoms with Gasteiger partial charge in [0, 0.05) is 5.02 Å². The van der Waals surface area contributed by atoms with Crippen LogP contribution in [-0.4, -0.2) is 9.13 Å². The molecule has 0 amide bonds. The first kappa shape index (κ1) is 19.2. The Bertz CT molecular complexity index is 1320. The summed E-state index contributed by atoms with van der Waals surface area (Å²) in [5.41, 5.74) is 1.86. The lowest BCUT2D eigenvalue weighted by Crippen LogP contribution is -2.39. The third kappa shape index (κ3) is 3.49. The van der Waals surface area contributed by atoms with E-state index in [9.17, 15) is 14.0 Å². The molecule has 4 nitrogen and oxygen atoms in total. The van der Waals surface area contributed by atoms with E-state index in [0.29, 0.717) is 22.2 Å². The van der Waals surface area contributed by atoms with Crippen LogP contribution in [0.5, 0.6) is 0 Å². The van der Waals surface area contributed by atoms with Gasteiger partial charge in [-0.2, -0.15) is 0 Å². The molecule has 3 aromatic carbocycles. The maximum atomic E-state index is 13.4. The predicted octanol–water partition coefficient (Wildman–Crippen LogP) is 4.56. The van der Waals surface area contributed by atoms with E-state index in [1.807, 2.05) is 19.1 Å². The highest BCUT2D eigenvalue weighted by molar-refractivity contribution is 6.31. The van der Waals surface area contributed by atoms with Crippen molar-refractivity contribution in [2.24, 2.45) is 0 Å². The van der Waals surface area contributed by atoms with Gasteiger partial charge < -0.3 is 0 Å². The van der Waals surface area contributed by atoms with E-state index in [-0.39, 0.29) is 17.1 Å². The highest BCUT2D eigenvalue weighted by atomic mass is 35.5. The molecule has 0 saturated carbocycles. The summed E-state index contributed by atoms with van der Waals surface area (Å²) in [5, 5.41) is 0.649. The zero-order valence-corrected chi connectivity index (χ0v) is 16.5. The van der Waals surface area contributed by atoms with Crippen molar-refractivity contribution in [1.29, 1.82) is 0 Å². The lowest BCUT2D eigenvalue weighted by Gasteiger charge is -2.15. The molecular weight excluding hydrogens is 391 g/mol. The molecule has 1 heterocycles. The molecule has 146 valence electrons. The van der Waals surface area contributed by atoms with Gasteiger partial charge in [-0.15, -0.1) is 0 Å². The van der Waals surface area contributed by atoms with Gasteiger partial charge >= 0.3 is 5.69 Å². The molecule has 0 spiro atoms. The summed E-state index contributed by atoms with van der Waals surface area (Å²) in [6.45, 7) is 2.16. The molecule has 6 heteroatoms. The molecule has 0 aliphatic heterocycles. The van der Waals surface area contributed by atoms with Gasteiger partial charge in [0.15, 0.2) is 0 Å². The van der Waals surface area contributed by atoms with Crippen molar-refractivity contribution in [3.63, 3.8) is 0 Å². The maximum Gasteiger partial charge on any atom is 0.336 e. The minimum atomic E-state index is -0.474. The molecule has 0 atom stereocenters. The minimum absolute atomic E-state index is 0.117. The second-order valence-corrected chi connectivity index (χ2v) is 7.19. The van der Waals surface area contributed by atoms with Crippen molar-refractivity contribution in [2.45, 2.75) is 19.9 Å². The zero-order valence-electron chi connectivity index (χ0n) is 15.7. The molecule has 1 aromatic heterocycles. The summed E-state index contributed by atoms with van der Waals surface area (Å²) < 4.78 is 16.1. The van der Waals surface area contributed by atoms with Crippen LogP contribution in [0.15, 0.2) is 76.3 Å². The van der Waals surface area contributed by atoms with Crippen LogP contribution in [-0.2, 0) is 13.0 Å². The first-order valence-corrected chi connectivity index (χ1v) is 9.65. The molecule has 0 N–H and O–H groups in total. The summed E-state index contributed by atoms with van der Waals surface area (Å²) in [4.78, 5) is 26.4. The van der Waals surface area contributed by atoms with Gasteiger partial charge in [-0.3, -0.25) is 9.36 Å². The van der Waals surface area contributed by atoms with Crippen molar-refractivity contribution in [1.82, 2.24) is 9.13 Å². The quantitative estimate of drug-likeness (QED) is 0.497. The normalized spacial score (nSPS) is 11.1. The van der Waals surface area contributed by atoms with E-state index in [0.717, 1.165) is 12.0 Å². The average Bonchev–Trinajstić information content (AvgIpc) is 2.73. The molecule has 0 bridgehead atoms. The summed E-state index contributed by atoms with van der Waals surface area (Å²) in [7, 11) is 0. The van der Waals surface area contributed by atoms with Gasteiger partial charge in [0.05, 0.1) is 23.1 Å². The number of fused-ring (bicyclic) bond motifs is 1. The number of para-hydroxylation sites is 1. The number of rotatable bonds is 4. The van der Waals surface area contributed by atoms with Gasteiger partial charge in [0.1, 0.15) is 5.82 Å². The van der Waals surface area contributed by atoms with E-state index in [2.05, 4.69) is 0 Å². The fourth-order valence-corrected chi connectivity index (χ4v) is 3.63. The van der Waals surface area contributed by atoms with Crippen LogP contribution >= 0.6 is 11.6 Å². The fourth-order valence-electron chi connectivity index (χ4n) is 3.40. The molecule has 0 saturated heterocycles. The molecule has 0 radical (unpaired) electrons. The van der Waals surface area contributed by atoms with Gasteiger partial charge in [0.25, 0.3) is 5.56 Å². The lowest BCUT2D eigenvalue weighted by molar-refractivity contribution is 0.626. The SMILES string of the molecule is CCc1ccc(-n2c(=O)c3ccccc3n(Cc3ccc(F)cc3Cl)c2=O)cc1. The van der Waals surface area contributed by atoms with Gasteiger partial charge in [-0.1, -0.05) is 48.9 Å². The van der Waals surface area contributed by atoms with Crippen LogP contribution < -0.4 is 11.2 Å². The van der Waals surface area contributed by atoms with Gasteiger partial charge in [0.2, 0.25) is 0 Å². The molecular formula is C23H18ClFN2O2. The molecule has 4 aromatic rings. The van der Waals surface area contributed by atoms with Crippen molar-refractivity contribution in [3.8, 4) is 5.69 Å². The number of nitrogens with zero attached hydrogens (tertiary/aromatic N) is 2. The summed E-state index contributed by atoms with van der Waals surface area (Å²) in [5.74, 6) is -0.447. The largest absolute Gasteiger partial charge is 0.336 e. The Balaban J connectivity index is 1.98. The third-order valence-electron chi connectivity index (χ3n) is 5.00. The van der Waals surface area contributed by atoms with Crippen molar-refractivity contribution in [3.05, 3.63) is 110 Å². The smallest absolute Gasteiger partial charge is 0.288 e. The monoisotopic (exact) mass is 408 g/mol. The van der Waals surface area contributed by atoms with E-state index in [1.54, 1.807) is 42.5 Å². The zero-order chi connectivity index (χ0) is 20.5. The Morgan fingerprint density at radius 2 is 1.69 bits per heavy atom. The maximum absolute atomic E-state index is 13.4. The lowest BCUT2D eigenvalue weighted by atomic mass is 10.1. The van der Waals surface area contributed by atoms with Crippen LogP contribution in [0.25, 0.3) is 16.6 Å². The Labute approximate surface area is 171 Å². The number of aromatic nitrogens is 2. The van der Waals surface area contributed by atoms with Crippen LogP contribution in [0.2, 0.25) is 5.02 Å². The minimum Gasteiger partial charge on any atom is -0.288 e. The summed E-state index contributed by atoms with van der Waals surface area (Å²) in [6, 6.07) is 18.3. The first-order valence-electron chi connectivity index (χ1n) is 9.27. The summed E-state index contributed by atoms with van der Waals surface area (Å²) in [6.07, 6.45) is 0.861. The molecule has 4 rings (SSSR count). The van der Waals surface area contributed by atoms with Gasteiger partial charge in [-0.25, -0.2) is 13.8 Å². The highest BCUT2D eigenvalue weighted by Crippen LogP contribution is 2.20. The third-order valence-corrected chi connectivity index (χ3v) is 5.35. The van der Waals surface area contributed by atoms with Crippen LogP contribution in [0.4, 0.5) is 4.39 Å². The molecule has 0 fully saturated rings. The number of halogens is 2. The van der Waals surface area contributed by atoms with E-state index >= 15 is 0 Å². The standard InChI is InChI=1S/C23H18ClFN2O2/c1-2-15-7-11-18(12-8-15)27-22(28)19-5-3-4-6-21(19)26(23(27)29)14-16-9-10-17(25)13-20(16)24/h3-13H,2,14H2,1H3. The van der Waals surface area contributed by atoms with Crippen molar-refractivity contribution in [2.75, 3.05) is 0 Å². The number of benzene rings is 3. The van der Waals surface area contributed by atoms with Gasteiger partial charge in [-0.05, 0) is 53.9 Å². The molecule has 0 aliphatic carbocycles. The second-order valence-electron chi connectivity index (χ2n) is 6.78. The molecule has 0 unspecified atom stereocenters. The van der Waals surface area contributed by atoms with Crippen molar-refractivity contribution < 1.29 is 4.39 Å².